The second-order valence-corrected chi connectivity index (χ2v) is 5.55. The number of carbonyl (C=O) groups excluding carboxylic acids is 2. The Morgan fingerprint density at radius 1 is 1.33 bits per heavy atom. The van der Waals surface area contributed by atoms with E-state index in [2.05, 4.69) is 5.32 Å². The minimum absolute atomic E-state index is 0.159. The molecule has 0 unspecified atom stereocenters. The van der Waals surface area contributed by atoms with Crippen LogP contribution in [0, 0.1) is 5.82 Å². The highest BCUT2D eigenvalue weighted by Crippen LogP contribution is 2.31. The predicted octanol–water partition coefficient (Wildman–Crippen LogP) is 2.89. The molecule has 1 aromatic rings. The van der Waals surface area contributed by atoms with Gasteiger partial charge in [0.25, 0.3) is 5.91 Å². The lowest BCUT2D eigenvalue weighted by Crippen LogP contribution is -2.56. The number of rotatable bonds is 3. The highest BCUT2D eigenvalue weighted by atomic mass is 35.5. The Balaban J connectivity index is 2.47. The summed E-state index contributed by atoms with van der Waals surface area (Å²) in [4.78, 5) is 26.2. The van der Waals surface area contributed by atoms with Crippen LogP contribution in [0.3, 0.4) is 0 Å². The first-order chi connectivity index (χ1) is 9.93. The fourth-order valence-corrected chi connectivity index (χ4v) is 2.88. The number of carbonyl (C=O) groups is 2. The molecule has 21 heavy (non-hydrogen) atoms. The maximum Gasteiger partial charge on any atom is 0.252 e. The lowest BCUT2D eigenvalue weighted by atomic mass is 9.91. The van der Waals surface area contributed by atoms with Crippen molar-refractivity contribution in [2.45, 2.75) is 38.6 Å². The third-order valence-corrected chi connectivity index (χ3v) is 4.31. The Kier molecular flexibility index (Phi) is 4.52. The van der Waals surface area contributed by atoms with Crippen molar-refractivity contribution >= 4 is 29.1 Å². The van der Waals surface area contributed by atoms with Gasteiger partial charge in [-0.2, -0.15) is 0 Å². The Hall–Kier alpha value is -1.62. The van der Waals surface area contributed by atoms with E-state index in [1.54, 1.807) is 0 Å². The minimum atomic E-state index is -0.925. The second kappa shape index (κ2) is 6.02. The Morgan fingerprint density at radius 2 is 2.00 bits per heavy atom. The fraction of sp³-hybridized carbons (Fsp3) is 0.467. The van der Waals surface area contributed by atoms with Crippen LogP contribution in [-0.2, 0) is 9.59 Å². The van der Waals surface area contributed by atoms with Gasteiger partial charge in [-0.25, -0.2) is 4.39 Å². The third-order valence-electron chi connectivity index (χ3n) is 4.00. The van der Waals surface area contributed by atoms with Crippen LogP contribution < -0.4 is 10.2 Å². The molecule has 0 aliphatic carbocycles. The molecule has 1 aliphatic heterocycles. The summed E-state index contributed by atoms with van der Waals surface area (Å²) in [5, 5.41) is 2.99. The highest BCUT2D eigenvalue weighted by Gasteiger charge is 2.42. The van der Waals surface area contributed by atoms with E-state index in [0.717, 1.165) is 0 Å². The first-order valence-electron chi connectivity index (χ1n) is 7.01. The molecule has 2 amide bonds. The van der Waals surface area contributed by atoms with Gasteiger partial charge in [0.15, 0.2) is 0 Å². The summed E-state index contributed by atoms with van der Waals surface area (Å²) < 4.78 is 13.2. The van der Waals surface area contributed by atoms with Gasteiger partial charge in [-0.15, -0.1) is 0 Å². The molecular formula is C15H18ClFN2O2. The normalized spacial score (nSPS) is 18.4. The average molecular weight is 313 g/mol. The molecule has 0 saturated carbocycles. The Morgan fingerprint density at radius 3 is 2.57 bits per heavy atom. The Bertz CT molecular complexity index is 573. The summed E-state index contributed by atoms with van der Waals surface area (Å²) in [6.07, 6.45) is 1.17. The van der Waals surface area contributed by atoms with Crippen LogP contribution in [-0.4, -0.2) is 23.9 Å². The summed E-state index contributed by atoms with van der Waals surface area (Å²) >= 11 is 6.06. The third kappa shape index (κ3) is 2.88. The minimum Gasteiger partial charge on any atom is -0.342 e. The molecule has 114 valence electrons. The summed E-state index contributed by atoms with van der Waals surface area (Å²) in [7, 11) is 0. The molecule has 1 aromatic carbocycles. The zero-order valence-corrected chi connectivity index (χ0v) is 12.8. The molecule has 4 nitrogen and oxygen atoms in total. The van der Waals surface area contributed by atoms with E-state index in [0.29, 0.717) is 18.5 Å². The van der Waals surface area contributed by atoms with E-state index in [4.69, 9.17) is 11.6 Å². The van der Waals surface area contributed by atoms with Crippen LogP contribution in [0.4, 0.5) is 10.1 Å². The molecule has 0 atom stereocenters. The lowest BCUT2D eigenvalue weighted by Gasteiger charge is -2.34. The van der Waals surface area contributed by atoms with Gasteiger partial charge < -0.3 is 10.2 Å². The van der Waals surface area contributed by atoms with Gasteiger partial charge in [0.05, 0.1) is 10.7 Å². The van der Waals surface area contributed by atoms with E-state index in [1.165, 1.54) is 23.1 Å². The monoisotopic (exact) mass is 312 g/mol. The fourth-order valence-electron chi connectivity index (χ4n) is 2.62. The SMILES string of the molecule is CCC1(CC)NC(=O)CCN(c2ccc(F)cc2Cl)C1=O. The molecule has 1 saturated heterocycles. The first-order valence-corrected chi connectivity index (χ1v) is 7.39. The van der Waals surface area contributed by atoms with Crippen molar-refractivity contribution in [1.82, 2.24) is 5.32 Å². The molecule has 1 N–H and O–H groups in total. The van der Waals surface area contributed by atoms with E-state index < -0.39 is 11.4 Å². The quantitative estimate of drug-likeness (QED) is 0.933. The first kappa shape index (κ1) is 15.8. The number of benzene rings is 1. The van der Waals surface area contributed by atoms with Crippen LogP contribution in [0.2, 0.25) is 5.02 Å². The zero-order chi connectivity index (χ0) is 15.6. The molecular weight excluding hydrogens is 295 g/mol. The lowest BCUT2D eigenvalue weighted by molar-refractivity contribution is -0.130. The topological polar surface area (TPSA) is 49.4 Å². The number of hydrogen-bond acceptors (Lipinski definition) is 2. The number of anilines is 1. The smallest absolute Gasteiger partial charge is 0.252 e. The van der Waals surface area contributed by atoms with Crippen molar-refractivity contribution < 1.29 is 14.0 Å². The molecule has 0 spiro atoms. The molecule has 1 heterocycles. The number of nitrogens with one attached hydrogen (secondary N) is 1. The van der Waals surface area contributed by atoms with Crippen LogP contribution in [0.1, 0.15) is 33.1 Å². The largest absolute Gasteiger partial charge is 0.342 e. The van der Waals surface area contributed by atoms with E-state index in [1.807, 2.05) is 13.8 Å². The summed E-state index contributed by atoms with van der Waals surface area (Å²) in [5.74, 6) is -0.822. The highest BCUT2D eigenvalue weighted by molar-refractivity contribution is 6.34. The van der Waals surface area contributed by atoms with Gasteiger partial charge >= 0.3 is 0 Å². The molecule has 0 aromatic heterocycles. The van der Waals surface area contributed by atoms with Crippen LogP contribution >= 0.6 is 11.6 Å². The van der Waals surface area contributed by atoms with Crippen molar-refractivity contribution in [3.8, 4) is 0 Å². The number of nitrogens with zero attached hydrogens (tertiary/aromatic N) is 1. The van der Waals surface area contributed by atoms with Gasteiger partial charge in [-0.1, -0.05) is 25.4 Å². The molecule has 1 fully saturated rings. The van der Waals surface area contributed by atoms with Gasteiger partial charge in [-0.05, 0) is 31.0 Å². The maximum atomic E-state index is 13.2. The number of hydrogen-bond donors (Lipinski definition) is 1. The molecule has 1 aliphatic rings. The van der Waals surface area contributed by atoms with E-state index in [9.17, 15) is 14.0 Å². The number of amides is 2. The molecule has 0 radical (unpaired) electrons. The van der Waals surface area contributed by atoms with Crippen LogP contribution in [0.25, 0.3) is 0 Å². The molecule has 2 rings (SSSR count). The Labute approximate surface area is 128 Å². The van der Waals surface area contributed by atoms with Gasteiger partial charge in [-0.3, -0.25) is 9.59 Å². The molecule has 6 heteroatoms. The van der Waals surface area contributed by atoms with Crippen molar-refractivity contribution in [3.05, 3.63) is 29.0 Å². The van der Waals surface area contributed by atoms with Crippen molar-refractivity contribution in [2.24, 2.45) is 0 Å². The van der Waals surface area contributed by atoms with Gasteiger partial charge in [0.1, 0.15) is 11.4 Å². The summed E-state index contributed by atoms with van der Waals surface area (Å²) in [5.41, 5.74) is -0.489. The molecule has 0 bridgehead atoms. The van der Waals surface area contributed by atoms with Crippen LogP contribution in [0.15, 0.2) is 18.2 Å². The standard InChI is InChI=1S/C15H18ClFN2O2/c1-3-15(4-2)14(21)19(8-7-13(20)18-15)12-6-5-10(17)9-11(12)16/h5-6,9H,3-4,7-8H2,1-2H3,(H,18,20). The number of halogens is 2. The van der Waals surface area contributed by atoms with E-state index in [-0.39, 0.29) is 29.8 Å². The van der Waals surface area contributed by atoms with Gasteiger partial charge in [0.2, 0.25) is 5.91 Å². The van der Waals surface area contributed by atoms with Crippen molar-refractivity contribution in [1.29, 1.82) is 0 Å². The second-order valence-electron chi connectivity index (χ2n) is 5.14. The van der Waals surface area contributed by atoms with Crippen LogP contribution in [0.5, 0.6) is 0 Å². The summed E-state index contributed by atoms with van der Waals surface area (Å²) in [6.45, 7) is 3.95. The summed E-state index contributed by atoms with van der Waals surface area (Å²) in [6, 6.07) is 3.90. The van der Waals surface area contributed by atoms with E-state index >= 15 is 0 Å². The zero-order valence-electron chi connectivity index (χ0n) is 12.1. The van der Waals surface area contributed by atoms with Crippen molar-refractivity contribution in [2.75, 3.05) is 11.4 Å². The van der Waals surface area contributed by atoms with Gasteiger partial charge in [0, 0.05) is 13.0 Å². The predicted molar refractivity (Wildman–Crippen MR) is 79.8 cm³/mol. The average Bonchev–Trinajstić information content (AvgIpc) is 2.58. The van der Waals surface area contributed by atoms with Crippen molar-refractivity contribution in [3.63, 3.8) is 0 Å². The maximum absolute atomic E-state index is 13.2.